The van der Waals surface area contributed by atoms with Gasteiger partial charge < -0.3 is 10.3 Å². The SMILES string of the molecule is Cc1ccc2cc(CNC(=O)c3cccc(F)c3)c(=O)[nH]c2c1C. The summed E-state index contributed by atoms with van der Waals surface area (Å²) in [4.78, 5) is 27.2. The number of fused-ring (bicyclic) bond motifs is 1. The van der Waals surface area contributed by atoms with Gasteiger partial charge in [-0.2, -0.15) is 0 Å². The Hall–Kier alpha value is -2.95. The molecule has 0 bridgehead atoms. The lowest BCUT2D eigenvalue weighted by molar-refractivity contribution is 0.0950. The Balaban J connectivity index is 1.85. The van der Waals surface area contributed by atoms with Gasteiger partial charge in [0.05, 0.1) is 5.52 Å². The molecule has 0 fully saturated rings. The number of carbonyl (C=O) groups is 1. The zero-order valence-electron chi connectivity index (χ0n) is 13.4. The van der Waals surface area contributed by atoms with E-state index in [-0.39, 0.29) is 17.7 Å². The minimum atomic E-state index is -0.475. The number of pyridine rings is 1. The highest BCUT2D eigenvalue weighted by Crippen LogP contribution is 2.18. The van der Waals surface area contributed by atoms with Crippen molar-refractivity contribution in [3.8, 4) is 0 Å². The van der Waals surface area contributed by atoms with Crippen LogP contribution in [0.1, 0.15) is 27.0 Å². The molecule has 0 unspecified atom stereocenters. The maximum Gasteiger partial charge on any atom is 0.253 e. The lowest BCUT2D eigenvalue weighted by Crippen LogP contribution is -2.26. The number of hydrogen-bond donors (Lipinski definition) is 2. The van der Waals surface area contributed by atoms with E-state index in [0.717, 1.165) is 28.1 Å². The Morgan fingerprint density at radius 3 is 2.71 bits per heavy atom. The van der Waals surface area contributed by atoms with Crippen LogP contribution in [0.3, 0.4) is 0 Å². The summed E-state index contributed by atoms with van der Waals surface area (Å²) in [7, 11) is 0. The van der Waals surface area contributed by atoms with Crippen molar-refractivity contribution in [2.45, 2.75) is 20.4 Å². The first kappa shape index (κ1) is 15.9. The Kier molecular flexibility index (Phi) is 4.16. The molecule has 1 aromatic heterocycles. The van der Waals surface area contributed by atoms with Crippen LogP contribution in [0.2, 0.25) is 0 Å². The molecule has 0 spiro atoms. The van der Waals surface area contributed by atoms with Gasteiger partial charge in [-0.25, -0.2) is 4.39 Å². The van der Waals surface area contributed by atoms with E-state index in [2.05, 4.69) is 10.3 Å². The molecule has 2 N–H and O–H groups in total. The minimum Gasteiger partial charge on any atom is -0.348 e. The summed E-state index contributed by atoms with van der Waals surface area (Å²) < 4.78 is 13.2. The van der Waals surface area contributed by atoms with Crippen LogP contribution in [0.4, 0.5) is 4.39 Å². The Bertz CT molecular complexity index is 992. The average molecular weight is 324 g/mol. The molecule has 0 saturated heterocycles. The van der Waals surface area contributed by atoms with Crippen molar-refractivity contribution in [3.63, 3.8) is 0 Å². The predicted octanol–water partition coefficient (Wildman–Crippen LogP) is 3.21. The van der Waals surface area contributed by atoms with Gasteiger partial charge in [0.2, 0.25) is 0 Å². The molecular weight excluding hydrogens is 307 g/mol. The molecule has 0 aliphatic carbocycles. The Morgan fingerprint density at radius 2 is 1.96 bits per heavy atom. The number of aromatic amines is 1. The van der Waals surface area contributed by atoms with Gasteiger partial charge in [0.25, 0.3) is 11.5 Å². The summed E-state index contributed by atoms with van der Waals surface area (Å²) in [5, 5.41) is 3.56. The van der Waals surface area contributed by atoms with E-state index in [0.29, 0.717) is 5.56 Å². The number of benzene rings is 2. The highest BCUT2D eigenvalue weighted by molar-refractivity contribution is 5.94. The summed E-state index contributed by atoms with van der Waals surface area (Å²) in [6, 6.07) is 11.1. The van der Waals surface area contributed by atoms with Gasteiger partial charge in [0.15, 0.2) is 0 Å². The Morgan fingerprint density at radius 1 is 1.17 bits per heavy atom. The topological polar surface area (TPSA) is 62.0 Å². The molecule has 4 nitrogen and oxygen atoms in total. The number of carbonyl (C=O) groups excluding carboxylic acids is 1. The van der Waals surface area contributed by atoms with Crippen LogP contribution in [0.5, 0.6) is 0 Å². The fraction of sp³-hybridized carbons (Fsp3) is 0.158. The van der Waals surface area contributed by atoms with Crippen molar-refractivity contribution in [1.29, 1.82) is 0 Å². The van der Waals surface area contributed by atoms with Crippen LogP contribution in [0, 0.1) is 19.7 Å². The van der Waals surface area contributed by atoms with Crippen molar-refractivity contribution in [1.82, 2.24) is 10.3 Å². The largest absolute Gasteiger partial charge is 0.348 e. The van der Waals surface area contributed by atoms with E-state index >= 15 is 0 Å². The molecule has 3 rings (SSSR count). The molecular formula is C19H17FN2O2. The number of aromatic nitrogens is 1. The lowest BCUT2D eigenvalue weighted by atomic mass is 10.0. The molecule has 2 aromatic carbocycles. The second-order valence-electron chi connectivity index (χ2n) is 5.79. The monoisotopic (exact) mass is 324 g/mol. The van der Waals surface area contributed by atoms with Crippen molar-refractivity contribution in [3.05, 3.63) is 80.9 Å². The molecule has 0 aliphatic rings. The van der Waals surface area contributed by atoms with Gasteiger partial charge in [-0.3, -0.25) is 9.59 Å². The van der Waals surface area contributed by atoms with Crippen LogP contribution in [-0.2, 0) is 6.54 Å². The van der Waals surface area contributed by atoms with E-state index < -0.39 is 11.7 Å². The van der Waals surface area contributed by atoms with Crippen molar-refractivity contribution in [2.75, 3.05) is 0 Å². The maximum absolute atomic E-state index is 13.2. The number of halogens is 1. The van der Waals surface area contributed by atoms with Crippen molar-refractivity contribution >= 4 is 16.8 Å². The quantitative estimate of drug-likeness (QED) is 0.777. The van der Waals surface area contributed by atoms with E-state index in [1.54, 1.807) is 6.07 Å². The Labute approximate surface area is 138 Å². The summed E-state index contributed by atoms with van der Waals surface area (Å²) in [6.07, 6.45) is 0. The zero-order chi connectivity index (χ0) is 17.3. The van der Waals surface area contributed by atoms with Gasteiger partial charge >= 0.3 is 0 Å². The standard InChI is InChI=1S/C19H17FN2O2/c1-11-6-7-13-8-15(19(24)22-17(13)12(11)2)10-21-18(23)14-4-3-5-16(20)9-14/h3-9H,10H2,1-2H3,(H,21,23)(H,22,24). The maximum atomic E-state index is 13.2. The third kappa shape index (κ3) is 3.06. The fourth-order valence-corrected chi connectivity index (χ4v) is 2.61. The number of nitrogens with one attached hydrogen (secondary N) is 2. The fourth-order valence-electron chi connectivity index (χ4n) is 2.61. The number of aryl methyl sites for hydroxylation is 2. The molecule has 0 saturated carbocycles. The third-order valence-electron chi connectivity index (χ3n) is 4.15. The smallest absolute Gasteiger partial charge is 0.253 e. The first-order chi connectivity index (χ1) is 11.5. The predicted molar refractivity (Wildman–Crippen MR) is 91.6 cm³/mol. The van der Waals surface area contributed by atoms with Crippen molar-refractivity contribution in [2.24, 2.45) is 0 Å². The van der Waals surface area contributed by atoms with Crippen LogP contribution in [0.15, 0.2) is 47.3 Å². The molecule has 0 atom stereocenters. The van der Waals surface area contributed by atoms with Crippen LogP contribution in [0.25, 0.3) is 10.9 Å². The zero-order valence-corrected chi connectivity index (χ0v) is 13.4. The third-order valence-corrected chi connectivity index (χ3v) is 4.15. The van der Waals surface area contributed by atoms with Crippen LogP contribution in [-0.4, -0.2) is 10.9 Å². The van der Waals surface area contributed by atoms with Gasteiger partial charge in [-0.1, -0.05) is 18.2 Å². The average Bonchev–Trinajstić information content (AvgIpc) is 2.57. The summed E-state index contributed by atoms with van der Waals surface area (Å²) in [5.41, 5.74) is 3.37. The van der Waals surface area contributed by atoms with E-state index in [4.69, 9.17) is 0 Å². The van der Waals surface area contributed by atoms with Gasteiger partial charge in [0.1, 0.15) is 5.82 Å². The number of hydrogen-bond acceptors (Lipinski definition) is 2. The minimum absolute atomic E-state index is 0.0769. The number of rotatable bonds is 3. The molecule has 24 heavy (non-hydrogen) atoms. The number of H-pyrrole nitrogens is 1. The summed E-state index contributed by atoms with van der Waals surface area (Å²) >= 11 is 0. The highest BCUT2D eigenvalue weighted by Gasteiger charge is 2.09. The van der Waals surface area contributed by atoms with Gasteiger partial charge in [0, 0.05) is 17.7 Å². The van der Waals surface area contributed by atoms with Crippen LogP contribution >= 0.6 is 0 Å². The molecule has 3 aromatic rings. The van der Waals surface area contributed by atoms with E-state index in [1.807, 2.05) is 26.0 Å². The number of amides is 1. The molecule has 0 aliphatic heterocycles. The van der Waals surface area contributed by atoms with Crippen molar-refractivity contribution < 1.29 is 9.18 Å². The molecule has 0 radical (unpaired) electrons. The second kappa shape index (κ2) is 6.28. The second-order valence-corrected chi connectivity index (χ2v) is 5.79. The summed E-state index contributed by atoms with van der Waals surface area (Å²) in [5.74, 6) is -0.897. The molecule has 122 valence electrons. The highest BCUT2D eigenvalue weighted by atomic mass is 19.1. The normalized spacial score (nSPS) is 10.8. The lowest BCUT2D eigenvalue weighted by Gasteiger charge is -2.09. The van der Waals surface area contributed by atoms with Gasteiger partial charge in [-0.05, 0) is 54.6 Å². The summed E-state index contributed by atoms with van der Waals surface area (Å²) in [6.45, 7) is 4.02. The molecule has 5 heteroatoms. The molecule has 1 amide bonds. The van der Waals surface area contributed by atoms with Gasteiger partial charge in [-0.15, -0.1) is 0 Å². The molecule has 1 heterocycles. The van der Waals surface area contributed by atoms with E-state index in [9.17, 15) is 14.0 Å². The van der Waals surface area contributed by atoms with E-state index in [1.165, 1.54) is 18.2 Å². The first-order valence-corrected chi connectivity index (χ1v) is 7.61. The first-order valence-electron chi connectivity index (χ1n) is 7.61. The van der Waals surface area contributed by atoms with Crippen LogP contribution < -0.4 is 10.9 Å².